The van der Waals surface area contributed by atoms with Crippen molar-refractivity contribution in [3.05, 3.63) is 0 Å². The molecule has 8 heteroatoms. The summed E-state index contributed by atoms with van der Waals surface area (Å²) in [5.74, 6) is -1.41. The van der Waals surface area contributed by atoms with Crippen molar-refractivity contribution in [2.45, 2.75) is 65.3 Å². The molecule has 1 fully saturated rings. The van der Waals surface area contributed by atoms with E-state index in [9.17, 15) is 14.4 Å². The fourth-order valence-electron chi connectivity index (χ4n) is 2.67. The minimum atomic E-state index is -1.64. The third-order valence-electron chi connectivity index (χ3n) is 3.74. The number of amides is 1. The summed E-state index contributed by atoms with van der Waals surface area (Å²) in [7, 11) is 2.40. The van der Waals surface area contributed by atoms with Crippen LogP contribution in [0.4, 0.5) is 4.79 Å². The first-order chi connectivity index (χ1) is 11.3. The van der Waals surface area contributed by atoms with E-state index in [1.807, 2.05) is 20.8 Å². The molecule has 0 aliphatic carbocycles. The SMILES string of the molecule is COC(=O)C[C@]1(C(=O)OC)CO[C@@H](C(C)(C)C)N1C(=O)OC(C)(C)C. The molecule has 8 nitrogen and oxygen atoms in total. The summed E-state index contributed by atoms with van der Waals surface area (Å²) >= 11 is 0. The fraction of sp³-hybridized carbons (Fsp3) is 0.824. The normalized spacial score (nSPS) is 24.0. The van der Waals surface area contributed by atoms with Crippen molar-refractivity contribution in [1.82, 2.24) is 4.90 Å². The van der Waals surface area contributed by atoms with E-state index in [4.69, 9.17) is 18.9 Å². The van der Waals surface area contributed by atoms with E-state index in [-0.39, 0.29) is 13.0 Å². The van der Waals surface area contributed by atoms with E-state index in [1.54, 1.807) is 20.8 Å². The van der Waals surface area contributed by atoms with Gasteiger partial charge < -0.3 is 18.9 Å². The van der Waals surface area contributed by atoms with Gasteiger partial charge in [-0.05, 0) is 20.8 Å². The Hall–Kier alpha value is -1.83. The van der Waals surface area contributed by atoms with Gasteiger partial charge in [0.25, 0.3) is 0 Å². The molecular formula is C17H29NO7. The molecule has 144 valence electrons. The zero-order chi connectivity index (χ0) is 19.6. The topological polar surface area (TPSA) is 91.4 Å². The lowest BCUT2D eigenvalue weighted by Gasteiger charge is -2.40. The molecule has 0 aromatic carbocycles. The van der Waals surface area contributed by atoms with Crippen LogP contribution in [0.3, 0.4) is 0 Å². The molecule has 25 heavy (non-hydrogen) atoms. The summed E-state index contributed by atoms with van der Waals surface area (Å²) < 4.78 is 20.8. The van der Waals surface area contributed by atoms with Crippen molar-refractivity contribution in [2.75, 3.05) is 20.8 Å². The molecule has 0 bridgehead atoms. The summed E-state index contributed by atoms with van der Waals surface area (Å²) in [5.41, 5.74) is -2.94. The first-order valence-electron chi connectivity index (χ1n) is 8.07. The standard InChI is InChI=1S/C17H29NO7/c1-15(2,3)12-18(14(21)25-16(4,5)6)17(10-24-12,13(20)23-8)9-11(19)22-7/h12H,9-10H2,1-8H3/t12-,17+/m0/s1. The monoisotopic (exact) mass is 359 g/mol. The molecule has 0 aromatic rings. The van der Waals surface area contributed by atoms with Gasteiger partial charge in [-0.2, -0.15) is 0 Å². The number of esters is 2. The number of ether oxygens (including phenoxy) is 4. The quantitative estimate of drug-likeness (QED) is 0.563. The van der Waals surface area contributed by atoms with Gasteiger partial charge in [0.05, 0.1) is 27.2 Å². The molecule has 0 unspecified atom stereocenters. The molecule has 0 radical (unpaired) electrons. The van der Waals surface area contributed by atoms with E-state index in [0.717, 1.165) is 0 Å². The van der Waals surface area contributed by atoms with Gasteiger partial charge in [0.2, 0.25) is 0 Å². The molecule has 1 aliphatic heterocycles. The van der Waals surface area contributed by atoms with Crippen LogP contribution < -0.4 is 0 Å². The molecule has 0 N–H and O–H groups in total. The smallest absolute Gasteiger partial charge is 0.413 e. The third-order valence-corrected chi connectivity index (χ3v) is 3.74. The van der Waals surface area contributed by atoms with Gasteiger partial charge >= 0.3 is 18.0 Å². The van der Waals surface area contributed by atoms with Crippen LogP contribution in [0.25, 0.3) is 0 Å². The van der Waals surface area contributed by atoms with Crippen LogP contribution in [0.1, 0.15) is 48.0 Å². The maximum Gasteiger partial charge on any atom is 0.413 e. The maximum absolute atomic E-state index is 12.9. The minimum absolute atomic E-state index is 0.185. The summed E-state index contributed by atoms with van der Waals surface area (Å²) in [4.78, 5) is 38.6. The van der Waals surface area contributed by atoms with E-state index in [1.165, 1.54) is 19.1 Å². The Bertz CT molecular complexity index is 532. The number of carbonyl (C=O) groups excluding carboxylic acids is 3. The highest BCUT2D eigenvalue weighted by Gasteiger charge is 2.61. The van der Waals surface area contributed by atoms with Gasteiger partial charge in [-0.25, -0.2) is 9.59 Å². The van der Waals surface area contributed by atoms with Crippen molar-refractivity contribution in [3.8, 4) is 0 Å². The largest absolute Gasteiger partial charge is 0.469 e. The van der Waals surface area contributed by atoms with Gasteiger partial charge in [0, 0.05) is 5.41 Å². The van der Waals surface area contributed by atoms with Crippen LogP contribution in [0.2, 0.25) is 0 Å². The van der Waals surface area contributed by atoms with Gasteiger partial charge in [-0.15, -0.1) is 0 Å². The number of hydrogen-bond donors (Lipinski definition) is 0. The molecule has 1 rings (SSSR count). The molecule has 0 aromatic heterocycles. The van der Waals surface area contributed by atoms with Crippen molar-refractivity contribution in [2.24, 2.45) is 5.41 Å². The molecule has 1 aliphatic rings. The van der Waals surface area contributed by atoms with Crippen LogP contribution in [0.5, 0.6) is 0 Å². The Balaban J connectivity index is 3.42. The Morgan fingerprint density at radius 3 is 2.04 bits per heavy atom. The predicted octanol–water partition coefficient (Wildman–Crippen LogP) is 2.10. The summed E-state index contributed by atoms with van der Waals surface area (Å²) in [6.45, 7) is 10.5. The highest BCUT2D eigenvalue weighted by atomic mass is 16.6. The molecule has 1 saturated heterocycles. The number of nitrogens with zero attached hydrogens (tertiary/aromatic N) is 1. The lowest BCUT2D eigenvalue weighted by Crippen LogP contribution is -2.61. The fourth-order valence-corrected chi connectivity index (χ4v) is 2.67. The van der Waals surface area contributed by atoms with Gasteiger partial charge in [0.15, 0.2) is 5.54 Å². The zero-order valence-corrected chi connectivity index (χ0v) is 16.3. The van der Waals surface area contributed by atoms with Crippen molar-refractivity contribution < 1.29 is 33.3 Å². The molecular weight excluding hydrogens is 330 g/mol. The molecule has 2 atom stereocenters. The highest BCUT2D eigenvalue weighted by molar-refractivity contribution is 5.91. The highest BCUT2D eigenvalue weighted by Crippen LogP contribution is 2.40. The summed E-state index contributed by atoms with van der Waals surface area (Å²) in [6.07, 6.45) is -1.91. The second-order valence-corrected chi connectivity index (χ2v) is 8.16. The van der Waals surface area contributed by atoms with E-state index >= 15 is 0 Å². The predicted molar refractivity (Wildman–Crippen MR) is 88.6 cm³/mol. The average Bonchev–Trinajstić information content (AvgIpc) is 2.85. The Morgan fingerprint density at radius 1 is 1.08 bits per heavy atom. The summed E-state index contributed by atoms with van der Waals surface area (Å²) in [5, 5.41) is 0. The third kappa shape index (κ3) is 4.62. The van der Waals surface area contributed by atoms with Crippen molar-refractivity contribution in [3.63, 3.8) is 0 Å². The van der Waals surface area contributed by atoms with E-state index < -0.39 is 40.8 Å². The van der Waals surface area contributed by atoms with Gasteiger partial charge in [0.1, 0.15) is 11.8 Å². The van der Waals surface area contributed by atoms with Crippen LogP contribution in [-0.4, -0.2) is 61.1 Å². The number of methoxy groups -OCH3 is 2. The van der Waals surface area contributed by atoms with Crippen molar-refractivity contribution in [1.29, 1.82) is 0 Å². The number of hydrogen-bond acceptors (Lipinski definition) is 7. The molecule has 1 amide bonds. The second kappa shape index (κ2) is 7.19. The second-order valence-electron chi connectivity index (χ2n) is 8.16. The van der Waals surface area contributed by atoms with Gasteiger partial charge in [-0.3, -0.25) is 9.69 Å². The Labute approximate surface area is 148 Å². The maximum atomic E-state index is 12.9. The zero-order valence-electron chi connectivity index (χ0n) is 16.3. The summed E-state index contributed by atoms with van der Waals surface area (Å²) in [6, 6.07) is 0. The lowest BCUT2D eigenvalue weighted by molar-refractivity contribution is -0.160. The first kappa shape index (κ1) is 21.2. The van der Waals surface area contributed by atoms with Crippen LogP contribution in [0, 0.1) is 5.41 Å². The Kier molecular flexibility index (Phi) is 6.10. The number of carbonyl (C=O) groups is 3. The van der Waals surface area contributed by atoms with Gasteiger partial charge in [-0.1, -0.05) is 20.8 Å². The molecule has 1 heterocycles. The van der Waals surface area contributed by atoms with E-state index in [0.29, 0.717) is 0 Å². The van der Waals surface area contributed by atoms with Crippen LogP contribution >= 0.6 is 0 Å². The van der Waals surface area contributed by atoms with Crippen LogP contribution in [-0.2, 0) is 28.5 Å². The van der Waals surface area contributed by atoms with Crippen LogP contribution in [0.15, 0.2) is 0 Å². The lowest BCUT2D eigenvalue weighted by atomic mass is 9.89. The average molecular weight is 359 g/mol. The Morgan fingerprint density at radius 2 is 1.64 bits per heavy atom. The first-order valence-corrected chi connectivity index (χ1v) is 8.07. The minimum Gasteiger partial charge on any atom is -0.469 e. The molecule has 0 saturated carbocycles. The molecule has 0 spiro atoms. The number of rotatable bonds is 3. The van der Waals surface area contributed by atoms with E-state index in [2.05, 4.69) is 0 Å². The van der Waals surface area contributed by atoms with Crippen molar-refractivity contribution >= 4 is 18.0 Å².